The molecule has 5 heterocycles. The van der Waals surface area contributed by atoms with Gasteiger partial charge >= 0.3 is 0 Å². The van der Waals surface area contributed by atoms with E-state index in [4.69, 9.17) is 10.7 Å². The van der Waals surface area contributed by atoms with E-state index in [0.717, 1.165) is 52.1 Å². The summed E-state index contributed by atoms with van der Waals surface area (Å²) < 4.78 is 1.77. The van der Waals surface area contributed by atoms with Crippen LogP contribution >= 0.6 is 0 Å². The first-order valence-electron chi connectivity index (χ1n) is 11.1. The lowest BCUT2D eigenvalue weighted by molar-refractivity contribution is 0.358. The number of rotatable bonds is 3. The Morgan fingerprint density at radius 3 is 2.45 bits per heavy atom. The minimum Gasteiger partial charge on any atom is -0.383 e. The van der Waals surface area contributed by atoms with Crippen LogP contribution in [-0.2, 0) is 0 Å². The highest BCUT2D eigenvalue weighted by atomic mass is 15.3. The molecule has 2 fully saturated rings. The number of pyridine rings is 1. The second-order valence-corrected chi connectivity index (χ2v) is 8.91. The number of hydrogen-bond acceptors (Lipinski definition) is 5. The molecule has 3 aromatic heterocycles. The number of benzene rings is 1. The number of nitrogen functional groups attached to an aromatic ring is 1. The topological polar surface area (TPSA) is 81.1 Å². The van der Waals surface area contributed by atoms with Gasteiger partial charge in [-0.25, -0.2) is 4.98 Å². The Bertz CT molecular complexity index is 1230. The summed E-state index contributed by atoms with van der Waals surface area (Å²) in [5.74, 6) is 1.14. The van der Waals surface area contributed by atoms with Gasteiger partial charge in [-0.15, -0.1) is 0 Å². The lowest BCUT2D eigenvalue weighted by Crippen LogP contribution is -2.37. The maximum atomic E-state index is 6.53. The summed E-state index contributed by atoms with van der Waals surface area (Å²) in [4.78, 5) is 9.83. The largest absolute Gasteiger partial charge is 0.383 e. The molecule has 0 amide bonds. The highest BCUT2D eigenvalue weighted by molar-refractivity contribution is 5.79. The molecule has 0 saturated carbocycles. The zero-order valence-electron chi connectivity index (χ0n) is 17.6. The second kappa shape index (κ2) is 7.17. The molecule has 0 radical (unpaired) electrons. The van der Waals surface area contributed by atoms with Gasteiger partial charge in [0.15, 0.2) is 5.65 Å². The molecule has 0 unspecified atom stereocenters. The maximum Gasteiger partial charge on any atom is 0.165 e. The molecule has 0 spiro atoms. The molecule has 3 N–H and O–H groups in total. The standard InChI is InChI=1S/C25H26N6/c1-15-23(18-11-19-8-9-20(12-18)29-19)30-25-21(14-28-31(25)24(15)26)17-7-10-22(27-13-17)16-5-3-2-4-6-16/h2-7,10,13-14,18-20,29H,8-9,11-12,26H2,1H3/t18-,19-,20+. The average Bonchev–Trinajstić information content (AvgIpc) is 3.39. The molecule has 2 bridgehead atoms. The van der Waals surface area contributed by atoms with Gasteiger partial charge in [0.1, 0.15) is 5.82 Å². The summed E-state index contributed by atoms with van der Waals surface area (Å²) in [7, 11) is 0. The quantitative estimate of drug-likeness (QED) is 0.525. The first kappa shape index (κ1) is 18.5. The molecule has 4 aromatic rings. The molecule has 31 heavy (non-hydrogen) atoms. The molecule has 2 aliphatic rings. The van der Waals surface area contributed by atoms with Crippen LogP contribution in [0.15, 0.2) is 54.9 Å². The van der Waals surface area contributed by atoms with E-state index in [1.807, 2.05) is 30.6 Å². The SMILES string of the molecule is Cc1c([C@@H]2C[C@H]3CC[C@@H](C2)N3)nc2c(-c3ccc(-c4ccccc4)nc3)cnn2c1N. The van der Waals surface area contributed by atoms with Crippen molar-refractivity contribution in [3.05, 3.63) is 66.1 Å². The second-order valence-electron chi connectivity index (χ2n) is 8.91. The predicted octanol–water partition coefficient (Wildman–Crippen LogP) is 4.35. The van der Waals surface area contributed by atoms with Crippen molar-refractivity contribution < 1.29 is 0 Å². The van der Waals surface area contributed by atoms with Crippen molar-refractivity contribution in [3.63, 3.8) is 0 Å². The van der Waals surface area contributed by atoms with E-state index in [9.17, 15) is 0 Å². The van der Waals surface area contributed by atoms with Crippen molar-refractivity contribution in [2.45, 2.75) is 50.6 Å². The van der Waals surface area contributed by atoms with E-state index in [1.165, 1.54) is 12.8 Å². The van der Waals surface area contributed by atoms with Crippen molar-refractivity contribution >= 4 is 11.5 Å². The Balaban J connectivity index is 1.41. The number of hydrogen-bond donors (Lipinski definition) is 2. The fraction of sp³-hybridized carbons (Fsp3) is 0.320. The minimum absolute atomic E-state index is 0.451. The third-order valence-electron chi connectivity index (χ3n) is 6.97. The molecule has 6 nitrogen and oxygen atoms in total. The Morgan fingerprint density at radius 2 is 1.74 bits per heavy atom. The van der Waals surface area contributed by atoms with Gasteiger partial charge in [-0.3, -0.25) is 4.98 Å². The zero-order chi connectivity index (χ0) is 20.9. The Morgan fingerprint density at radius 1 is 0.968 bits per heavy atom. The lowest BCUT2D eigenvalue weighted by atomic mass is 9.87. The van der Waals surface area contributed by atoms with Gasteiger partial charge in [-0.05, 0) is 38.7 Å². The fourth-order valence-electron chi connectivity index (χ4n) is 5.33. The third-order valence-corrected chi connectivity index (χ3v) is 6.97. The lowest BCUT2D eigenvalue weighted by Gasteiger charge is -2.30. The van der Waals surface area contributed by atoms with Crippen molar-refractivity contribution in [2.75, 3.05) is 5.73 Å². The number of piperidine rings is 1. The molecule has 6 rings (SSSR count). The zero-order valence-corrected chi connectivity index (χ0v) is 17.6. The average molecular weight is 411 g/mol. The molecule has 6 heteroatoms. The predicted molar refractivity (Wildman–Crippen MR) is 123 cm³/mol. The molecule has 2 aliphatic heterocycles. The number of aromatic nitrogens is 4. The van der Waals surface area contributed by atoms with E-state index in [-0.39, 0.29) is 0 Å². The highest BCUT2D eigenvalue weighted by Gasteiger charge is 2.36. The summed E-state index contributed by atoms with van der Waals surface area (Å²) >= 11 is 0. The normalized spacial score (nSPS) is 22.8. The Hall–Kier alpha value is -3.25. The fourth-order valence-corrected chi connectivity index (χ4v) is 5.33. The van der Waals surface area contributed by atoms with E-state index < -0.39 is 0 Å². The van der Waals surface area contributed by atoms with E-state index in [1.54, 1.807) is 4.52 Å². The van der Waals surface area contributed by atoms with Crippen LogP contribution in [0.25, 0.3) is 28.0 Å². The summed E-state index contributed by atoms with van der Waals surface area (Å²) in [6.07, 6.45) is 8.58. The van der Waals surface area contributed by atoms with Crippen molar-refractivity contribution in [3.8, 4) is 22.4 Å². The summed E-state index contributed by atoms with van der Waals surface area (Å²) in [6, 6.07) is 15.6. The van der Waals surface area contributed by atoms with Crippen molar-refractivity contribution in [1.29, 1.82) is 0 Å². The van der Waals surface area contributed by atoms with Gasteiger partial charge < -0.3 is 11.1 Å². The molecule has 2 saturated heterocycles. The summed E-state index contributed by atoms with van der Waals surface area (Å²) in [6.45, 7) is 2.08. The molecule has 3 atom stereocenters. The summed E-state index contributed by atoms with van der Waals surface area (Å²) in [5.41, 5.74) is 13.6. The first-order chi connectivity index (χ1) is 15.2. The van der Waals surface area contributed by atoms with Crippen LogP contribution in [0.1, 0.15) is 42.9 Å². The van der Waals surface area contributed by atoms with Crippen LogP contribution in [0.3, 0.4) is 0 Å². The Labute approximate surface area is 181 Å². The number of nitrogens with two attached hydrogens (primary N) is 1. The van der Waals surface area contributed by atoms with Crippen LogP contribution < -0.4 is 11.1 Å². The van der Waals surface area contributed by atoms with Crippen LogP contribution in [0.4, 0.5) is 5.82 Å². The summed E-state index contributed by atoms with van der Waals surface area (Å²) in [5, 5.41) is 8.28. The van der Waals surface area contributed by atoms with Gasteiger partial charge in [0.2, 0.25) is 0 Å². The Kier molecular flexibility index (Phi) is 4.28. The van der Waals surface area contributed by atoms with E-state index >= 15 is 0 Å². The molecule has 0 aliphatic carbocycles. The third kappa shape index (κ3) is 3.10. The first-order valence-corrected chi connectivity index (χ1v) is 11.1. The van der Waals surface area contributed by atoms with Crippen LogP contribution in [0, 0.1) is 6.92 Å². The van der Waals surface area contributed by atoms with Crippen LogP contribution in [0.5, 0.6) is 0 Å². The molecular formula is C25H26N6. The van der Waals surface area contributed by atoms with Gasteiger partial charge in [0.25, 0.3) is 0 Å². The van der Waals surface area contributed by atoms with Gasteiger partial charge in [0, 0.05) is 46.5 Å². The number of anilines is 1. The van der Waals surface area contributed by atoms with Crippen molar-refractivity contribution in [2.24, 2.45) is 0 Å². The molecule has 1 aromatic carbocycles. The highest BCUT2D eigenvalue weighted by Crippen LogP contribution is 2.39. The van der Waals surface area contributed by atoms with E-state index in [0.29, 0.717) is 23.8 Å². The number of fused-ring (bicyclic) bond motifs is 3. The van der Waals surface area contributed by atoms with Crippen LogP contribution in [0.2, 0.25) is 0 Å². The van der Waals surface area contributed by atoms with Crippen LogP contribution in [-0.4, -0.2) is 31.7 Å². The van der Waals surface area contributed by atoms with E-state index in [2.05, 4.69) is 46.6 Å². The number of nitrogens with zero attached hydrogens (tertiary/aromatic N) is 4. The number of nitrogens with one attached hydrogen (secondary N) is 1. The molecule has 156 valence electrons. The van der Waals surface area contributed by atoms with Gasteiger partial charge in [-0.1, -0.05) is 36.4 Å². The van der Waals surface area contributed by atoms with Crippen molar-refractivity contribution in [1.82, 2.24) is 24.9 Å². The van der Waals surface area contributed by atoms with Gasteiger partial charge in [-0.2, -0.15) is 9.61 Å². The monoisotopic (exact) mass is 410 g/mol. The van der Waals surface area contributed by atoms with Gasteiger partial charge in [0.05, 0.1) is 17.6 Å². The maximum absolute atomic E-state index is 6.53. The smallest absolute Gasteiger partial charge is 0.165 e. The minimum atomic E-state index is 0.451. The molecular weight excluding hydrogens is 384 g/mol.